The molecule has 1 aromatic heterocycles. The van der Waals surface area contributed by atoms with E-state index in [4.69, 9.17) is 0 Å². The highest BCUT2D eigenvalue weighted by atomic mass is 19.3. The number of pyridine rings is 1. The number of aryl methyl sites for hydroxylation is 1. The first-order chi connectivity index (χ1) is 7.66. The molecule has 0 aliphatic carbocycles. The van der Waals surface area contributed by atoms with E-state index in [9.17, 15) is 8.78 Å². The highest BCUT2D eigenvalue weighted by Crippen LogP contribution is 2.25. The summed E-state index contributed by atoms with van der Waals surface area (Å²) >= 11 is 0. The van der Waals surface area contributed by atoms with Crippen LogP contribution >= 0.6 is 0 Å². The fraction of sp³-hybridized carbons (Fsp3) is 0.154. The normalized spacial score (nSPS) is 10.8. The van der Waals surface area contributed by atoms with E-state index >= 15 is 0 Å². The molecule has 0 aliphatic rings. The van der Waals surface area contributed by atoms with Crippen LogP contribution in [0, 0.1) is 6.92 Å². The molecule has 0 N–H and O–H groups in total. The summed E-state index contributed by atoms with van der Waals surface area (Å²) < 4.78 is 25.1. The van der Waals surface area contributed by atoms with Crippen LogP contribution in [-0.4, -0.2) is 4.98 Å². The van der Waals surface area contributed by atoms with Crippen LogP contribution in [0.3, 0.4) is 0 Å². The summed E-state index contributed by atoms with van der Waals surface area (Å²) in [5.41, 5.74) is 2.63. The molecule has 0 bridgehead atoms. The van der Waals surface area contributed by atoms with E-state index in [2.05, 4.69) is 4.98 Å². The first-order valence-electron chi connectivity index (χ1n) is 4.98. The zero-order chi connectivity index (χ0) is 11.5. The molecule has 0 spiro atoms. The van der Waals surface area contributed by atoms with Crippen molar-refractivity contribution in [1.82, 2.24) is 4.98 Å². The van der Waals surface area contributed by atoms with Gasteiger partial charge in [0.05, 0.1) is 0 Å². The van der Waals surface area contributed by atoms with Crippen molar-refractivity contribution in [3.8, 4) is 11.1 Å². The van der Waals surface area contributed by atoms with E-state index in [1.807, 2.05) is 25.1 Å². The second-order valence-electron chi connectivity index (χ2n) is 3.61. The number of hydrogen-bond donors (Lipinski definition) is 0. The first kappa shape index (κ1) is 10.7. The molecular formula is C13H11F2N. The fourth-order valence-electron chi connectivity index (χ4n) is 1.58. The fourth-order valence-corrected chi connectivity index (χ4v) is 1.58. The van der Waals surface area contributed by atoms with Gasteiger partial charge in [-0.25, -0.2) is 8.78 Å². The molecule has 2 aromatic rings. The van der Waals surface area contributed by atoms with Crippen molar-refractivity contribution >= 4 is 0 Å². The maximum absolute atomic E-state index is 12.5. The Kier molecular flexibility index (Phi) is 2.95. The van der Waals surface area contributed by atoms with Crippen molar-refractivity contribution < 1.29 is 8.78 Å². The van der Waals surface area contributed by atoms with E-state index in [0.717, 1.165) is 16.8 Å². The Morgan fingerprint density at radius 2 is 1.81 bits per heavy atom. The molecule has 3 heteroatoms. The van der Waals surface area contributed by atoms with Gasteiger partial charge in [0.1, 0.15) is 0 Å². The van der Waals surface area contributed by atoms with Gasteiger partial charge in [0.2, 0.25) is 0 Å². The Bertz CT molecular complexity index is 495. The van der Waals surface area contributed by atoms with Crippen molar-refractivity contribution in [3.63, 3.8) is 0 Å². The van der Waals surface area contributed by atoms with Crippen molar-refractivity contribution in [2.75, 3.05) is 0 Å². The Labute approximate surface area is 92.8 Å². The largest absolute Gasteiger partial charge is 0.263 e. The van der Waals surface area contributed by atoms with Crippen LogP contribution < -0.4 is 0 Å². The Morgan fingerprint density at radius 1 is 1.06 bits per heavy atom. The van der Waals surface area contributed by atoms with E-state index in [-0.39, 0.29) is 5.56 Å². The highest BCUT2D eigenvalue weighted by molar-refractivity contribution is 5.64. The molecule has 0 saturated heterocycles. The minimum Gasteiger partial charge on any atom is -0.262 e. The number of benzene rings is 1. The van der Waals surface area contributed by atoms with Crippen molar-refractivity contribution in [2.45, 2.75) is 13.3 Å². The second-order valence-corrected chi connectivity index (χ2v) is 3.61. The van der Waals surface area contributed by atoms with Crippen molar-refractivity contribution in [3.05, 3.63) is 53.9 Å². The van der Waals surface area contributed by atoms with Crippen molar-refractivity contribution in [2.24, 2.45) is 0 Å². The molecule has 0 atom stereocenters. The summed E-state index contributed by atoms with van der Waals surface area (Å²) in [6.07, 6.45) is -0.748. The van der Waals surface area contributed by atoms with Gasteiger partial charge in [-0.05, 0) is 36.2 Å². The van der Waals surface area contributed by atoms with E-state index < -0.39 is 6.43 Å². The molecular weight excluding hydrogens is 208 g/mol. The minimum absolute atomic E-state index is 0.0481. The Balaban J connectivity index is 2.44. The minimum atomic E-state index is -2.43. The number of alkyl halides is 2. The lowest BCUT2D eigenvalue weighted by molar-refractivity contribution is 0.151. The van der Waals surface area contributed by atoms with Gasteiger partial charge in [-0.1, -0.05) is 18.2 Å². The van der Waals surface area contributed by atoms with Crippen molar-refractivity contribution in [1.29, 1.82) is 0 Å². The number of hydrogen-bond acceptors (Lipinski definition) is 1. The van der Waals surface area contributed by atoms with Crippen LogP contribution in [0.25, 0.3) is 11.1 Å². The molecule has 0 fully saturated rings. The molecule has 1 aromatic carbocycles. The summed E-state index contributed by atoms with van der Waals surface area (Å²) in [6, 6.07) is 10.1. The lowest BCUT2D eigenvalue weighted by Gasteiger charge is -2.05. The molecule has 0 unspecified atom stereocenters. The maximum atomic E-state index is 12.5. The molecule has 1 heterocycles. The van der Waals surface area contributed by atoms with E-state index in [1.54, 1.807) is 12.3 Å². The predicted octanol–water partition coefficient (Wildman–Crippen LogP) is 3.99. The van der Waals surface area contributed by atoms with Gasteiger partial charge >= 0.3 is 0 Å². The quantitative estimate of drug-likeness (QED) is 0.744. The zero-order valence-corrected chi connectivity index (χ0v) is 8.82. The third kappa shape index (κ3) is 2.24. The summed E-state index contributed by atoms with van der Waals surface area (Å²) in [6.45, 7) is 1.88. The third-order valence-corrected chi connectivity index (χ3v) is 2.37. The highest BCUT2D eigenvalue weighted by Gasteiger charge is 2.07. The molecule has 0 saturated carbocycles. The predicted molar refractivity (Wildman–Crippen MR) is 59.4 cm³/mol. The van der Waals surface area contributed by atoms with Crippen LogP contribution in [0.1, 0.15) is 17.7 Å². The third-order valence-electron chi connectivity index (χ3n) is 2.37. The summed E-state index contributed by atoms with van der Waals surface area (Å²) in [7, 11) is 0. The lowest BCUT2D eigenvalue weighted by Crippen LogP contribution is -1.87. The van der Waals surface area contributed by atoms with Gasteiger partial charge in [0.15, 0.2) is 0 Å². The van der Waals surface area contributed by atoms with Gasteiger partial charge < -0.3 is 0 Å². The number of nitrogens with zero attached hydrogens (tertiary/aromatic N) is 1. The molecule has 1 nitrogen and oxygen atoms in total. The number of aromatic nitrogens is 1. The molecule has 2 rings (SSSR count). The van der Waals surface area contributed by atoms with E-state index in [1.165, 1.54) is 12.1 Å². The zero-order valence-electron chi connectivity index (χ0n) is 8.82. The van der Waals surface area contributed by atoms with Gasteiger partial charge in [0.25, 0.3) is 6.43 Å². The molecule has 16 heavy (non-hydrogen) atoms. The van der Waals surface area contributed by atoms with Crippen LogP contribution in [-0.2, 0) is 0 Å². The molecule has 0 amide bonds. The number of rotatable bonds is 2. The summed E-state index contributed by atoms with van der Waals surface area (Å²) in [5.74, 6) is 0. The molecule has 0 aliphatic heterocycles. The maximum Gasteiger partial charge on any atom is 0.263 e. The van der Waals surface area contributed by atoms with Crippen LogP contribution in [0.2, 0.25) is 0 Å². The van der Waals surface area contributed by atoms with Gasteiger partial charge in [-0.2, -0.15) is 0 Å². The SMILES string of the molecule is Cc1cc(-c2cccc(C(F)F)c2)ccn1. The topological polar surface area (TPSA) is 12.9 Å². The van der Waals surface area contributed by atoms with Crippen LogP contribution in [0.15, 0.2) is 42.6 Å². The Hall–Kier alpha value is -1.77. The summed E-state index contributed by atoms with van der Waals surface area (Å²) in [4.78, 5) is 4.07. The molecule has 82 valence electrons. The van der Waals surface area contributed by atoms with Crippen LogP contribution in [0.5, 0.6) is 0 Å². The average molecular weight is 219 g/mol. The lowest BCUT2D eigenvalue weighted by atomic mass is 10.0. The van der Waals surface area contributed by atoms with Gasteiger partial charge in [0, 0.05) is 17.5 Å². The van der Waals surface area contributed by atoms with Gasteiger partial charge in [-0.15, -0.1) is 0 Å². The number of halogens is 2. The monoisotopic (exact) mass is 219 g/mol. The van der Waals surface area contributed by atoms with Gasteiger partial charge in [-0.3, -0.25) is 4.98 Å². The standard InChI is InChI=1S/C13H11F2N/c1-9-7-11(5-6-16-9)10-3-2-4-12(8-10)13(14)15/h2-8,13H,1H3. The average Bonchev–Trinajstić information content (AvgIpc) is 2.29. The van der Waals surface area contributed by atoms with E-state index in [0.29, 0.717) is 0 Å². The smallest absolute Gasteiger partial charge is 0.262 e. The second kappa shape index (κ2) is 4.39. The molecule has 0 radical (unpaired) electrons. The Morgan fingerprint density at radius 3 is 2.50 bits per heavy atom. The summed E-state index contributed by atoms with van der Waals surface area (Å²) in [5, 5.41) is 0. The van der Waals surface area contributed by atoms with Crippen LogP contribution in [0.4, 0.5) is 8.78 Å². The first-order valence-corrected chi connectivity index (χ1v) is 4.98.